The Kier molecular flexibility index (Phi) is 5.82. The standard InChI is InChI=1S/C19H26N2O2S/c1-24-11-10-18(22)20-15-9-8-14(12-15)19(23)21-17-7-3-5-13-4-2-6-16(13)17/h3,5,7,14-15H,2,4,6,8-12H2,1H3,(H,20,22)(H,21,23)/t14-,15+/m1/s1. The fourth-order valence-corrected chi connectivity index (χ4v) is 4.21. The largest absolute Gasteiger partial charge is 0.353 e. The highest BCUT2D eigenvalue weighted by molar-refractivity contribution is 7.98. The van der Waals surface area contributed by atoms with Crippen molar-refractivity contribution in [3.63, 3.8) is 0 Å². The Morgan fingerprint density at radius 1 is 1.25 bits per heavy atom. The van der Waals surface area contributed by atoms with Crippen molar-refractivity contribution < 1.29 is 9.59 Å². The molecule has 0 heterocycles. The van der Waals surface area contributed by atoms with E-state index < -0.39 is 0 Å². The van der Waals surface area contributed by atoms with Crippen molar-refractivity contribution in [2.45, 2.75) is 51.0 Å². The summed E-state index contributed by atoms with van der Waals surface area (Å²) in [4.78, 5) is 24.4. The molecule has 24 heavy (non-hydrogen) atoms. The first-order valence-electron chi connectivity index (χ1n) is 8.87. The fraction of sp³-hybridized carbons (Fsp3) is 0.579. The lowest BCUT2D eigenvalue weighted by Gasteiger charge is -2.15. The van der Waals surface area contributed by atoms with Gasteiger partial charge in [0.2, 0.25) is 11.8 Å². The molecule has 1 saturated carbocycles. The Bertz CT molecular complexity index is 617. The average Bonchev–Trinajstić information content (AvgIpc) is 3.22. The van der Waals surface area contributed by atoms with E-state index in [-0.39, 0.29) is 23.8 Å². The molecule has 0 spiro atoms. The minimum absolute atomic E-state index is 0.00751. The highest BCUT2D eigenvalue weighted by Gasteiger charge is 2.31. The molecule has 1 aromatic carbocycles. The van der Waals surface area contributed by atoms with Gasteiger partial charge in [0, 0.05) is 29.8 Å². The SMILES string of the molecule is CSCCC(=O)N[C@H]1CC[C@@H](C(=O)Nc2cccc3c2CCC3)C1. The van der Waals surface area contributed by atoms with Crippen LogP contribution in [0.5, 0.6) is 0 Å². The minimum atomic E-state index is 0.00751. The summed E-state index contributed by atoms with van der Waals surface area (Å²) in [6.45, 7) is 0. The number of carbonyl (C=O) groups is 2. The van der Waals surface area contributed by atoms with Crippen molar-refractivity contribution in [2.24, 2.45) is 5.92 Å². The van der Waals surface area contributed by atoms with Crippen LogP contribution in [0.3, 0.4) is 0 Å². The minimum Gasteiger partial charge on any atom is -0.353 e. The molecule has 0 aromatic heterocycles. The predicted octanol–water partition coefficient (Wildman–Crippen LogP) is 3.15. The molecule has 2 aliphatic carbocycles. The Balaban J connectivity index is 1.52. The van der Waals surface area contributed by atoms with Crippen molar-refractivity contribution in [1.29, 1.82) is 0 Å². The lowest BCUT2D eigenvalue weighted by Crippen LogP contribution is -2.34. The van der Waals surface area contributed by atoms with E-state index in [1.807, 2.05) is 18.4 Å². The van der Waals surface area contributed by atoms with Gasteiger partial charge >= 0.3 is 0 Å². The quantitative estimate of drug-likeness (QED) is 0.832. The molecule has 2 aliphatic rings. The van der Waals surface area contributed by atoms with Crippen LogP contribution in [0.15, 0.2) is 18.2 Å². The van der Waals surface area contributed by atoms with Crippen LogP contribution in [-0.2, 0) is 22.4 Å². The molecule has 5 heteroatoms. The third kappa shape index (κ3) is 4.12. The highest BCUT2D eigenvalue weighted by atomic mass is 32.2. The fourth-order valence-electron chi connectivity index (χ4n) is 3.82. The van der Waals surface area contributed by atoms with Gasteiger partial charge in [0.25, 0.3) is 0 Å². The zero-order valence-electron chi connectivity index (χ0n) is 14.3. The normalized spacial score (nSPS) is 22.2. The van der Waals surface area contributed by atoms with Gasteiger partial charge < -0.3 is 10.6 Å². The molecule has 1 fully saturated rings. The Morgan fingerprint density at radius 3 is 2.96 bits per heavy atom. The van der Waals surface area contributed by atoms with Gasteiger partial charge in [0.1, 0.15) is 0 Å². The highest BCUT2D eigenvalue weighted by Crippen LogP contribution is 2.31. The number of fused-ring (bicyclic) bond motifs is 1. The lowest BCUT2D eigenvalue weighted by molar-refractivity contribution is -0.122. The van der Waals surface area contributed by atoms with E-state index in [0.717, 1.165) is 43.5 Å². The maximum absolute atomic E-state index is 12.6. The van der Waals surface area contributed by atoms with Crippen LogP contribution in [0.1, 0.15) is 43.2 Å². The molecule has 0 unspecified atom stereocenters. The summed E-state index contributed by atoms with van der Waals surface area (Å²) in [6.07, 6.45) is 8.43. The Labute approximate surface area is 148 Å². The van der Waals surface area contributed by atoms with Crippen LogP contribution < -0.4 is 10.6 Å². The third-order valence-corrected chi connectivity index (χ3v) is 5.72. The monoisotopic (exact) mass is 346 g/mol. The van der Waals surface area contributed by atoms with Gasteiger partial charge in [-0.2, -0.15) is 11.8 Å². The van der Waals surface area contributed by atoms with Gasteiger partial charge in [-0.25, -0.2) is 0 Å². The molecule has 0 radical (unpaired) electrons. The van der Waals surface area contributed by atoms with Crippen molar-refractivity contribution in [2.75, 3.05) is 17.3 Å². The van der Waals surface area contributed by atoms with E-state index in [4.69, 9.17) is 0 Å². The molecule has 3 rings (SSSR count). The van der Waals surface area contributed by atoms with Gasteiger partial charge in [-0.05, 0) is 62.0 Å². The van der Waals surface area contributed by atoms with E-state index in [0.29, 0.717) is 6.42 Å². The third-order valence-electron chi connectivity index (χ3n) is 5.11. The van der Waals surface area contributed by atoms with Crippen molar-refractivity contribution in [3.05, 3.63) is 29.3 Å². The number of nitrogens with one attached hydrogen (secondary N) is 2. The van der Waals surface area contributed by atoms with E-state index in [1.165, 1.54) is 17.5 Å². The summed E-state index contributed by atoms with van der Waals surface area (Å²) in [5, 5.41) is 6.21. The van der Waals surface area contributed by atoms with E-state index in [9.17, 15) is 9.59 Å². The Hall–Kier alpha value is -1.49. The molecule has 130 valence electrons. The van der Waals surface area contributed by atoms with Crippen molar-refractivity contribution >= 4 is 29.3 Å². The van der Waals surface area contributed by atoms with E-state index >= 15 is 0 Å². The van der Waals surface area contributed by atoms with Gasteiger partial charge in [0.05, 0.1) is 0 Å². The molecule has 1 aromatic rings. The van der Waals surface area contributed by atoms with E-state index in [2.05, 4.69) is 16.7 Å². The average molecular weight is 346 g/mol. The molecule has 2 N–H and O–H groups in total. The molecular weight excluding hydrogens is 320 g/mol. The number of amides is 2. The van der Waals surface area contributed by atoms with E-state index in [1.54, 1.807) is 11.8 Å². The number of anilines is 1. The number of carbonyl (C=O) groups excluding carboxylic acids is 2. The summed E-state index contributed by atoms with van der Waals surface area (Å²) >= 11 is 1.68. The second kappa shape index (κ2) is 8.06. The summed E-state index contributed by atoms with van der Waals surface area (Å²) < 4.78 is 0. The molecule has 0 saturated heterocycles. The first-order chi connectivity index (χ1) is 11.7. The van der Waals surface area contributed by atoms with Crippen molar-refractivity contribution in [3.8, 4) is 0 Å². The molecular formula is C19H26N2O2S. The molecule has 4 nitrogen and oxygen atoms in total. The molecule has 0 bridgehead atoms. The first-order valence-corrected chi connectivity index (χ1v) is 10.3. The van der Waals surface area contributed by atoms with Gasteiger partial charge in [-0.1, -0.05) is 12.1 Å². The number of hydrogen-bond donors (Lipinski definition) is 2. The second-order valence-corrected chi connectivity index (χ2v) is 7.79. The molecule has 2 amide bonds. The summed E-state index contributed by atoms with van der Waals surface area (Å²) in [7, 11) is 0. The van der Waals surface area contributed by atoms with Crippen molar-refractivity contribution in [1.82, 2.24) is 5.32 Å². The Morgan fingerprint density at radius 2 is 2.12 bits per heavy atom. The maximum Gasteiger partial charge on any atom is 0.227 e. The zero-order valence-corrected chi connectivity index (χ0v) is 15.1. The van der Waals surface area contributed by atoms with Crippen LogP contribution >= 0.6 is 11.8 Å². The summed E-state index contributed by atoms with van der Waals surface area (Å²) in [5.41, 5.74) is 3.67. The summed E-state index contributed by atoms with van der Waals surface area (Å²) in [6, 6.07) is 6.35. The van der Waals surface area contributed by atoms with Gasteiger partial charge in [0.15, 0.2) is 0 Å². The van der Waals surface area contributed by atoms with Crippen LogP contribution in [0.4, 0.5) is 5.69 Å². The number of rotatable bonds is 6. The van der Waals surface area contributed by atoms with Crippen LogP contribution in [-0.4, -0.2) is 29.9 Å². The zero-order chi connectivity index (χ0) is 16.9. The van der Waals surface area contributed by atoms with Gasteiger partial charge in [-0.3, -0.25) is 9.59 Å². The predicted molar refractivity (Wildman–Crippen MR) is 99.4 cm³/mol. The first kappa shape index (κ1) is 17.3. The molecule has 2 atom stereocenters. The van der Waals surface area contributed by atoms with Gasteiger partial charge in [-0.15, -0.1) is 0 Å². The lowest BCUT2D eigenvalue weighted by atomic mass is 10.0. The topological polar surface area (TPSA) is 58.2 Å². The molecule has 0 aliphatic heterocycles. The second-order valence-electron chi connectivity index (χ2n) is 6.80. The van der Waals surface area contributed by atoms with Crippen LogP contribution in [0, 0.1) is 5.92 Å². The summed E-state index contributed by atoms with van der Waals surface area (Å²) in [5.74, 6) is 1.07. The van der Waals surface area contributed by atoms with Crippen LogP contribution in [0.25, 0.3) is 0 Å². The smallest absolute Gasteiger partial charge is 0.227 e. The number of benzene rings is 1. The van der Waals surface area contributed by atoms with Crippen LogP contribution in [0.2, 0.25) is 0 Å². The maximum atomic E-state index is 12.6. The number of thioether (sulfide) groups is 1. The number of hydrogen-bond acceptors (Lipinski definition) is 3. The number of aryl methyl sites for hydroxylation is 1.